The molecule has 0 saturated heterocycles. The third-order valence-electron chi connectivity index (χ3n) is 3.51. The van der Waals surface area contributed by atoms with Crippen molar-refractivity contribution >= 4 is 17.3 Å². The van der Waals surface area contributed by atoms with Gasteiger partial charge in [-0.05, 0) is 19.9 Å². The summed E-state index contributed by atoms with van der Waals surface area (Å²) in [5.41, 5.74) is 2.23. The predicted octanol–water partition coefficient (Wildman–Crippen LogP) is 2.68. The smallest absolute Gasteiger partial charge is 0.191 e. The summed E-state index contributed by atoms with van der Waals surface area (Å²) in [4.78, 5) is 10.0. The van der Waals surface area contributed by atoms with Crippen LogP contribution in [0.4, 0.5) is 0 Å². The first-order valence-corrected chi connectivity index (χ1v) is 8.45. The summed E-state index contributed by atoms with van der Waals surface area (Å²) < 4.78 is 5.36. The molecule has 1 aromatic carbocycles. The minimum Gasteiger partial charge on any atom is -0.496 e. The number of thiazole rings is 1. The predicted molar refractivity (Wildman–Crippen MR) is 96.5 cm³/mol. The maximum absolute atomic E-state index is 5.36. The van der Waals surface area contributed by atoms with E-state index in [2.05, 4.69) is 27.5 Å². The van der Waals surface area contributed by atoms with Crippen LogP contribution in [0, 0.1) is 13.8 Å². The standard InChI is InChI=1S/C17H24N4OS/c1-12-16(23-13(2)21-12)9-10-19-17(18-3)20-11-14-7-5-6-8-15(14)22-4/h5-8H,9-11H2,1-4H3,(H2,18,19,20). The maximum atomic E-state index is 5.36. The van der Waals surface area contributed by atoms with Gasteiger partial charge in [0.1, 0.15) is 5.75 Å². The number of benzene rings is 1. The van der Waals surface area contributed by atoms with Crippen molar-refractivity contribution in [2.45, 2.75) is 26.8 Å². The van der Waals surface area contributed by atoms with Crippen molar-refractivity contribution in [3.05, 3.63) is 45.4 Å². The van der Waals surface area contributed by atoms with Crippen molar-refractivity contribution in [2.24, 2.45) is 4.99 Å². The molecule has 6 heteroatoms. The van der Waals surface area contributed by atoms with E-state index >= 15 is 0 Å². The molecule has 2 N–H and O–H groups in total. The molecule has 0 amide bonds. The second kappa shape index (κ2) is 8.53. The largest absolute Gasteiger partial charge is 0.496 e. The highest BCUT2D eigenvalue weighted by Crippen LogP contribution is 2.17. The highest BCUT2D eigenvalue weighted by atomic mass is 32.1. The Labute approximate surface area is 141 Å². The number of nitrogens with zero attached hydrogens (tertiary/aromatic N) is 2. The van der Waals surface area contributed by atoms with E-state index in [1.807, 2.05) is 31.2 Å². The molecular formula is C17H24N4OS. The van der Waals surface area contributed by atoms with Crippen LogP contribution >= 0.6 is 11.3 Å². The van der Waals surface area contributed by atoms with E-state index in [0.717, 1.165) is 40.9 Å². The van der Waals surface area contributed by atoms with Gasteiger partial charge in [0.2, 0.25) is 0 Å². The summed E-state index contributed by atoms with van der Waals surface area (Å²) in [5, 5.41) is 7.77. The fourth-order valence-corrected chi connectivity index (χ4v) is 3.29. The van der Waals surface area contributed by atoms with Crippen molar-refractivity contribution in [1.29, 1.82) is 0 Å². The Kier molecular flexibility index (Phi) is 6.40. The average Bonchev–Trinajstić information content (AvgIpc) is 2.88. The maximum Gasteiger partial charge on any atom is 0.191 e. The molecule has 124 valence electrons. The fourth-order valence-electron chi connectivity index (χ4n) is 2.35. The van der Waals surface area contributed by atoms with E-state index in [1.165, 1.54) is 4.88 Å². The van der Waals surface area contributed by atoms with Gasteiger partial charge in [-0.25, -0.2) is 4.98 Å². The van der Waals surface area contributed by atoms with Gasteiger partial charge in [0.25, 0.3) is 0 Å². The van der Waals surface area contributed by atoms with E-state index < -0.39 is 0 Å². The van der Waals surface area contributed by atoms with Crippen LogP contribution in [0.15, 0.2) is 29.3 Å². The molecule has 0 saturated carbocycles. The van der Waals surface area contributed by atoms with Gasteiger partial charge in [0, 0.05) is 37.0 Å². The first kappa shape index (κ1) is 17.3. The Bertz CT molecular complexity index is 666. The van der Waals surface area contributed by atoms with Gasteiger partial charge in [-0.15, -0.1) is 11.3 Å². The summed E-state index contributed by atoms with van der Waals surface area (Å²) in [5.74, 6) is 1.67. The summed E-state index contributed by atoms with van der Waals surface area (Å²) >= 11 is 1.76. The highest BCUT2D eigenvalue weighted by molar-refractivity contribution is 7.11. The molecule has 23 heavy (non-hydrogen) atoms. The van der Waals surface area contributed by atoms with Crippen LogP contribution in [-0.2, 0) is 13.0 Å². The van der Waals surface area contributed by atoms with E-state index in [9.17, 15) is 0 Å². The van der Waals surface area contributed by atoms with Crippen LogP contribution in [0.25, 0.3) is 0 Å². The number of rotatable bonds is 6. The highest BCUT2D eigenvalue weighted by Gasteiger charge is 2.06. The number of para-hydroxylation sites is 1. The lowest BCUT2D eigenvalue weighted by Crippen LogP contribution is -2.37. The molecule has 0 aliphatic heterocycles. The number of aromatic nitrogens is 1. The molecule has 0 bridgehead atoms. The number of guanidine groups is 1. The molecular weight excluding hydrogens is 308 g/mol. The summed E-state index contributed by atoms with van der Waals surface area (Å²) in [6, 6.07) is 7.98. The lowest BCUT2D eigenvalue weighted by atomic mass is 10.2. The Morgan fingerprint density at radius 2 is 2.04 bits per heavy atom. The minimum atomic E-state index is 0.669. The fraction of sp³-hybridized carbons (Fsp3) is 0.412. The van der Waals surface area contributed by atoms with Crippen LogP contribution in [-0.4, -0.2) is 31.6 Å². The normalized spacial score (nSPS) is 11.4. The van der Waals surface area contributed by atoms with Gasteiger partial charge in [-0.3, -0.25) is 4.99 Å². The van der Waals surface area contributed by atoms with Gasteiger partial charge in [-0.2, -0.15) is 0 Å². The van der Waals surface area contributed by atoms with Crippen LogP contribution in [0.3, 0.4) is 0 Å². The molecule has 5 nitrogen and oxygen atoms in total. The molecule has 2 aromatic rings. The molecule has 0 unspecified atom stereocenters. The topological polar surface area (TPSA) is 58.5 Å². The molecule has 0 spiro atoms. The first-order valence-electron chi connectivity index (χ1n) is 7.63. The van der Waals surface area contributed by atoms with Crippen LogP contribution in [0.5, 0.6) is 5.75 Å². The van der Waals surface area contributed by atoms with Crippen LogP contribution < -0.4 is 15.4 Å². The average molecular weight is 332 g/mol. The Balaban J connectivity index is 1.83. The van der Waals surface area contributed by atoms with Crippen molar-refractivity contribution in [1.82, 2.24) is 15.6 Å². The number of aliphatic imine (C=N–C) groups is 1. The zero-order valence-electron chi connectivity index (χ0n) is 14.1. The molecule has 0 radical (unpaired) electrons. The van der Waals surface area contributed by atoms with Gasteiger partial charge in [0.15, 0.2) is 5.96 Å². The number of nitrogens with one attached hydrogen (secondary N) is 2. The number of hydrogen-bond donors (Lipinski definition) is 2. The van der Waals surface area contributed by atoms with Gasteiger partial charge in [-0.1, -0.05) is 18.2 Å². The summed E-state index contributed by atoms with van der Waals surface area (Å²) in [6.07, 6.45) is 0.951. The monoisotopic (exact) mass is 332 g/mol. The van der Waals surface area contributed by atoms with Crippen LogP contribution in [0.2, 0.25) is 0 Å². The Morgan fingerprint density at radius 1 is 1.26 bits per heavy atom. The lowest BCUT2D eigenvalue weighted by molar-refractivity contribution is 0.409. The number of ether oxygens (including phenoxy) is 1. The summed E-state index contributed by atoms with van der Waals surface area (Å²) in [7, 11) is 3.46. The van der Waals surface area contributed by atoms with Gasteiger partial charge < -0.3 is 15.4 Å². The molecule has 0 atom stereocenters. The number of aryl methyl sites for hydroxylation is 2. The van der Waals surface area contributed by atoms with Crippen LogP contribution in [0.1, 0.15) is 21.1 Å². The van der Waals surface area contributed by atoms with E-state index in [1.54, 1.807) is 25.5 Å². The van der Waals surface area contributed by atoms with E-state index in [0.29, 0.717) is 6.54 Å². The molecule has 0 aliphatic carbocycles. The van der Waals surface area contributed by atoms with Gasteiger partial charge in [0.05, 0.1) is 17.8 Å². The first-order chi connectivity index (χ1) is 11.1. The van der Waals surface area contributed by atoms with E-state index in [-0.39, 0.29) is 0 Å². The minimum absolute atomic E-state index is 0.669. The summed E-state index contributed by atoms with van der Waals surface area (Å²) in [6.45, 7) is 5.60. The van der Waals surface area contributed by atoms with Crippen molar-refractivity contribution in [3.63, 3.8) is 0 Å². The molecule has 1 aromatic heterocycles. The van der Waals surface area contributed by atoms with Crippen molar-refractivity contribution in [3.8, 4) is 5.75 Å². The third kappa shape index (κ3) is 4.96. The second-order valence-corrected chi connectivity index (χ2v) is 6.44. The van der Waals surface area contributed by atoms with E-state index in [4.69, 9.17) is 4.74 Å². The number of hydrogen-bond acceptors (Lipinski definition) is 4. The number of methoxy groups -OCH3 is 1. The molecule has 0 fully saturated rings. The third-order valence-corrected chi connectivity index (χ3v) is 4.64. The Hall–Kier alpha value is -2.08. The van der Waals surface area contributed by atoms with Gasteiger partial charge >= 0.3 is 0 Å². The quantitative estimate of drug-likeness (QED) is 0.631. The van der Waals surface area contributed by atoms with Crippen molar-refractivity contribution < 1.29 is 4.74 Å². The van der Waals surface area contributed by atoms with Crippen molar-refractivity contribution in [2.75, 3.05) is 20.7 Å². The zero-order chi connectivity index (χ0) is 16.7. The zero-order valence-corrected chi connectivity index (χ0v) is 15.0. The second-order valence-electron chi connectivity index (χ2n) is 5.16. The SMILES string of the molecule is CN=C(NCCc1sc(C)nc1C)NCc1ccccc1OC. The Morgan fingerprint density at radius 3 is 2.70 bits per heavy atom. The molecule has 1 heterocycles. The molecule has 2 rings (SSSR count). The molecule has 0 aliphatic rings. The lowest BCUT2D eigenvalue weighted by Gasteiger charge is -2.13.